The van der Waals surface area contributed by atoms with Crippen LogP contribution in [0.1, 0.15) is 11.1 Å². The van der Waals surface area contributed by atoms with Crippen LogP contribution in [0.15, 0.2) is 46.2 Å². The summed E-state index contributed by atoms with van der Waals surface area (Å²) in [4.78, 5) is 23.6. The molecule has 28 heavy (non-hydrogen) atoms. The highest BCUT2D eigenvalue weighted by Gasteiger charge is 2.19. The first kappa shape index (κ1) is 21.4. The van der Waals surface area contributed by atoms with Crippen molar-refractivity contribution in [2.75, 3.05) is 27.4 Å². The zero-order valence-electron chi connectivity index (χ0n) is 16.1. The molecular weight excluding hydrogens is 384 g/mol. The number of aryl methyl sites for hydroxylation is 2. The zero-order valence-corrected chi connectivity index (χ0v) is 17.0. The lowest BCUT2D eigenvalue weighted by Gasteiger charge is -2.15. The monoisotopic (exact) mass is 406 g/mol. The molecule has 0 aliphatic rings. The van der Waals surface area contributed by atoms with Crippen LogP contribution in [-0.4, -0.2) is 43.6 Å². The van der Waals surface area contributed by atoms with Crippen molar-refractivity contribution in [1.82, 2.24) is 0 Å². The molecule has 2 aromatic rings. The van der Waals surface area contributed by atoms with E-state index in [1.165, 1.54) is 14.2 Å². The average molecular weight is 406 g/mol. The second-order valence-corrected chi connectivity index (χ2v) is 7.32. The molecule has 7 nitrogen and oxygen atoms in total. The number of esters is 2. The van der Waals surface area contributed by atoms with E-state index in [0.717, 1.165) is 11.1 Å². The SMILES string of the molecule is COC(=O)COc1ccc(C)cc1S(=O)c1cc(C)ccc1OCC(=O)OC. The van der Waals surface area contributed by atoms with Crippen LogP contribution in [0.3, 0.4) is 0 Å². The van der Waals surface area contributed by atoms with Crippen LogP contribution in [0.2, 0.25) is 0 Å². The molecule has 150 valence electrons. The van der Waals surface area contributed by atoms with Gasteiger partial charge in [-0.2, -0.15) is 0 Å². The third kappa shape index (κ3) is 5.56. The van der Waals surface area contributed by atoms with E-state index in [1.54, 1.807) is 36.4 Å². The Kier molecular flexibility index (Phi) is 7.57. The Balaban J connectivity index is 2.39. The van der Waals surface area contributed by atoms with Gasteiger partial charge in [0.1, 0.15) is 11.5 Å². The Labute approximate surface area is 166 Å². The summed E-state index contributed by atoms with van der Waals surface area (Å²) in [5, 5.41) is 0. The number of ether oxygens (including phenoxy) is 4. The van der Waals surface area contributed by atoms with Gasteiger partial charge in [-0.05, 0) is 49.2 Å². The third-order valence-electron chi connectivity index (χ3n) is 3.74. The van der Waals surface area contributed by atoms with Gasteiger partial charge in [0.25, 0.3) is 0 Å². The van der Waals surface area contributed by atoms with Crippen molar-refractivity contribution in [3.63, 3.8) is 0 Å². The fourth-order valence-electron chi connectivity index (χ4n) is 2.27. The minimum Gasteiger partial charge on any atom is -0.481 e. The first-order chi connectivity index (χ1) is 13.3. The minimum atomic E-state index is -1.68. The zero-order chi connectivity index (χ0) is 20.7. The topological polar surface area (TPSA) is 88.1 Å². The second-order valence-electron chi connectivity index (χ2n) is 5.90. The van der Waals surface area contributed by atoms with Gasteiger partial charge >= 0.3 is 11.9 Å². The maximum Gasteiger partial charge on any atom is 0.343 e. The molecule has 0 bridgehead atoms. The number of hydrogen-bond donors (Lipinski definition) is 0. The standard InChI is InChI=1S/C20H22O7S/c1-13-5-7-15(26-11-19(21)24-3)17(9-13)28(23)18-10-14(2)6-8-16(18)27-12-20(22)25-4/h5-10H,11-12H2,1-4H3. The molecule has 0 atom stereocenters. The maximum absolute atomic E-state index is 13.3. The molecule has 0 radical (unpaired) electrons. The van der Waals surface area contributed by atoms with Crippen LogP contribution in [-0.2, 0) is 29.9 Å². The van der Waals surface area contributed by atoms with E-state index >= 15 is 0 Å². The molecule has 0 amide bonds. The molecule has 2 aromatic carbocycles. The fourth-order valence-corrected chi connectivity index (χ4v) is 3.71. The highest BCUT2D eigenvalue weighted by molar-refractivity contribution is 7.85. The lowest BCUT2D eigenvalue weighted by atomic mass is 10.2. The maximum atomic E-state index is 13.3. The van der Waals surface area contributed by atoms with Crippen LogP contribution < -0.4 is 9.47 Å². The van der Waals surface area contributed by atoms with Crippen molar-refractivity contribution >= 4 is 22.7 Å². The van der Waals surface area contributed by atoms with E-state index in [4.69, 9.17) is 9.47 Å². The summed E-state index contributed by atoms with van der Waals surface area (Å²) in [6, 6.07) is 10.3. The minimum absolute atomic E-state index is 0.301. The molecule has 0 spiro atoms. The van der Waals surface area contributed by atoms with Crippen LogP contribution >= 0.6 is 0 Å². The summed E-state index contributed by atoms with van der Waals surface area (Å²) >= 11 is 0. The van der Waals surface area contributed by atoms with E-state index < -0.39 is 22.7 Å². The number of carbonyl (C=O) groups excluding carboxylic acids is 2. The highest BCUT2D eigenvalue weighted by atomic mass is 32.2. The van der Waals surface area contributed by atoms with Crippen molar-refractivity contribution < 1.29 is 32.7 Å². The van der Waals surface area contributed by atoms with Gasteiger partial charge in [-0.3, -0.25) is 0 Å². The lowest BCUT2D eigenvalue weighted by Crippen LogP contribution is -2.15. The molecule has 0 unspecified atom stereocenters. The predicted molar refractivity (Wildman–Crippen MR) is 102 cm³/mol. The number of rotatable bonds is 8. The quantitative estimate of drug-likeness (QED) is 0.623. The Morgan fingerprint density at radius 3 is 1.54 bits per heavy atom. The van der Waals surface area contributed by atoms with Crippen LogP contribution in [0.4, 0.5) is 0 Å². The smallest absolute Gasteiger partial charge is 0.343 e. The number of methoxy groups -OCH3 is 2. The Hall–Kier alpha value is -2.87. The van der Waals surface area contributed by atoms with E-state index in [9.17, 15) is 13.8 Å². The van der Waals surface area contributed by atoms with Gasteiger partial charge in [0.2, 0.25) is 0 Å². The van der Waals surface area contributed by atoms with Gasteiger partial charge in [-0.25, -0.2) is 13.8 Å². The molecule has 0 aromatic heterocycles. The van der Waals surface area contributed by atoms with Crippen LogP contribution in [0.5, 0.6) is 11.5 Å². The summed E-state index contributed by atoms with van der Waals surface area (Å²) in [5.41, 5.74) is 1.75. The summed E-state index contributed by atoms with van der Waals surface area (Å²) < 4.78 is 33.5. The number of carbonyl (C=O) groups is 2. The molecule has 0 fully saturated rings. The van der Waals surface area contributed by atoms with Crippen LogP contribution in [0.25, 0.3) is 0 Å². The Morgan fingerprint density at radius 2 is 1.18 bits per heavy atom. The van der Waals surface area contributed by atoms with Gasteiger partial charge in [0.05, 0.1) is 34.8 Å². The lowest BCUT2D eigenvalue weighted by molar-refractivity contribution is -0.143. The van der Waals surface area contributed by atoms with Gasteiger partial charge in [0, 0.05) is 0 Å². The van der Waals surface area contributed by atoms with Gasteiger partial charge in [0.15, 0.2) is 13.2 Å². The first-order valence-electron chi connectivity index (χ1n) is 8.38. The molecule has 0 saturated carbocycles. The average Bonchev–Trinajstić information content (AvgIpc) is 2.70. The molecule has 0 saturated heterocycles. The Morgan fingerprint density at radius 1 is 0.786 bits per heavy atom. The van der Waals surface area contributed by atoms with Crippen molar-refractivity contribution in [2.24, 2.45) is 0 Å². The summed E-state index contributed by atoms with van der Waals surface area (Å²) in [6.07, 6.45) is 0. The number of benzene rings is 2. The first-order valence-corrected chi connectivity index (χ1v) is 9.53. The molecule has 0 N–H and O–H groups in total. The van der Waals surface area contributed by atoms with Gasteiger partial charge in [-0.1, -0.05) is 12.1 Å². The molecule has 0 heterocycles. The summed E-state index contributed by atoms with van der Waals surface area (Å²) in [5.74, 6) is -0.491. The van der Waals surface area contributed by atoms with E-state index in [1.807, 2.05) is 13.8 Å². The van der Waals surface area contributed by atoms with Crippen molar-refractivity contribution in [1.29, 1.82) is 0 Å². The van der Waals surface area contributed by atoms with Gasteiger partial charge in [-0.15, -0.1) is 0 Å². The molecule has 0 aliphatic carbocycles. The van der Waals surface area contributed by atoms with E-state index in [-0.39, 0.29) is 13.2 Å². The molecule has 2 rings (SSSR count). The van der Waals surface area contributed by atoms with Crippen LogP contribution in [0, 0.1) is 13.8 Å². The predicted octanol–water partition coefficient (Wildman–Crippen LogP) is 2.57. The normalized spacial score (nSPS) is 10.5. The number of hydrogen-bond acceptors (Lipinski definition) is 7. The highest BCUT2D eigenvalue weighted by Crippen LogP contribution is 2.33. The molecular formula is C20H22O7S. The third-order valence-corrected chi connectivity index (χ3v) is 5.18. The fraction of sp³-hybridized carbons (Fsp3) is 0.300. The summed E-state index contributed by atoms with van der Waals surface area (Å²) in [7, 11) is 0.845. The molecule has 8 heteroatoms. The van der Waals surface area contributed by atoms with Crippen molar-refractivity contribution in [3.8, 4) is 11.5 Å². The Bertz CT molecular complexity index is 821. The molecule has 0 aliphatic heterocycles. The van der Waals surface area contributed by atoms with Gasteiger partial charge < -0.3 is 18.9 Å². The van der Waals surface area contributed by atoms with E-state index in [2.05, 4.69) is 9.47 Å². The largest absolute Gasteiger partial charge is 0.481 e. The second kappa shape index (κ2) is 9.89. The van der Waals surface area contributed by atoms with E-state index in [0.29, 0.717) is 21.3 Å². The van der Waals surface area contributed by atoms with Crippen molar-refractivity contribution in [3.05, 3.63) is 47.5 Å². The van der Waals surface area contributed by atoms with Crippen molar-refractivity contribution in [2.45, 2.75) is 23.6 Å². The summed E-state index contributed by atoms with van der Waals surface area (Å²) in [6.45, 7) is 3.11.